The van der Waals surface area contributed by atoms with Crippen LogP contribution in [0.5, 0.6) is 0 Å². The Morgan fingerprint density at radius 2 is 2.38 bits per heavy atom. The summed E-state index contributed by atoms with van der Waals surface area (Å²) in [5.41, 5.74) is 0. The van der Waals surface area contributed by atoms with Crippen LogP contribution >= 0.6 is 0 Å². The first-order valence-electron chi connectivity index (χ1n) is 2.89. The van der Waals surface area contributed by atoms with Crippen LogP contribution in [0.15, 0.2) is 4.99 Å². The van der Waals surface area contributed by atoms with Crippen LogP contribution < -0.4 is 0 Å². The van der Waals surface area contributed by atoms with Crippen molar-refractivity contribution in [2.24, 2.45) is 4.99 Å². The van der Waals surface area contributed by atoms with Crippen molar-refractivity contribution in [3.8, 4) is 0 Å². The Labute approximate surface area is 48.0 Å². The van der Waals surface area contributed by atoms with Gasteiger partial charge < -0.3 is 9.64 Å². The van der Waals surface area contributed by atoms with Gasteiger partial charge >= 0.3 is 0 Å². The molecule has 2 aliphatic heterocycles. The van der Waals surface area contributed by atoms with E-state index in [0.717, 1.165) is 32.3 Å². The van der Waals surface area contributed by atoms with Crippen LogP contribution in [0.2, 0.25) is 0 Å². The van der Waals surface area contributed by atoms with Gasteiger partial charge in [-0.1, -0.05) is 0 Å². The number of rotatable bonds is 0. The van der Waals surface area contributed by atoms with E-state index < -0.39 is 0 Å². The highest BCUT2D eigenvalue weighted by Crippen LogP contribution is 2.09. The molecule has 2 rings (SSSR count). The van der Waals surface area contributed by atoms with Gasteiger partial charge in [-0.3, -0.25) is 0 Å². The van der Waals surface area contributed by atoms with Gasteiger partial charge in [-0.15, -0.1) is 0 Å². The second-order valence-electron chi connectivity index (χ2n) is 2.00. The molecule has 0 amide bonds. The van der Waals surface area contributed by atoms with Gasteiger partial charge in [0.15, 0.2) is 0 Å². The summed E-state index contributed by atoms with van der Waals surface area (Å²) >= 11 is 0. The Bertz CT molecular complexity index is 128. The summed E-state index contributed by atoms with van der Waals surface area (Å²) < 4.78 is 5.15. The Morgan fingerprint density at radius 3 is 2.88 bits per heavy atom. The lowest BCUT2D eigenvalue weighted by Crippen LogP contribution is -2.09. The fourth-order valence-electron chi connectivity index (χ4n) is 0.756. The number of hydrogen-bond acceptors (Lipinski definition) is 3. The zero-order valence-electron chi connectivity index (χ0n) is 4.63. The third kappa shape index (κ3) is 0.546. The summed E-state index contributed by atoms with van der Waals surface area (Å²) in [7, 11) is 0. The van der Waals surface area contributed by atoms with Gasteiger partial charge in [0.05, 0.1) is 6.54 Å². The van der Waals surface area contributed by atoms with E-state index in [1.54, 1.807) is 0 Å². The van der Waals surface area contributed by atoms with Crippen LogP contribution in [0.25, 0.3) is 0 Å². The highest BCUT2D eigenvalue weighted by atomic mass is 16.5. The molecule has 3 heteroatoms. The number of ether oxygens (including phenoxy) is 1. The first-order valence-corrected chi connectivity index (χ1v) is 2.89. The molecule has 0 aromatic heterocycles. The molecule has 0 bridgehead atoms. The van der Waals surface area contributed by atoms with Gasteiger partial charge in [0.2, 0.25) is 0 Å². The van der Waals surface area contributed by atoms with Crippen LogP contribution in [-0.2, 0) is 4.74 Å². The largest absolute Gasteiger partial charge is 0.463 e. The van der Waals surface area contributed by atoms with E-state index in [4.69, 9.17) is 4.74 Å². The number of aliphatic imine (C=N–C) groups is 1. The van der Waals surface area contributed by atoms with Crippen molar-refractivity contribution < 1.29 is 4.74 Å². The standard InChI is InChI=1S/C5H8N2O/c1-4-8-5(6-1)7-2-3-7/h1-4H2. The summed E-state index contributed by atoms with van der Waals surface area (Å²) in [4.78, 5) is 6.24. The van der Waals surface area contributed by atoms with Gasteiger partial charge in [0.1, 0.15) is 6.61 Å². The van der Waals surface area contributed by atoms with Gasteiger partial charge in [-0.25, -0.2) is 4.99 Å². The minimum Gasteiger partial charge on any atom is -0.463 e. The second-order valence-corrected chi connectivity index (χ2v) is 2.00. The fraction of sp³-hybridized carbons (Fsp3) is 0.800. The van der Waals surface area contributed by atoms with Crippen molar-refractivity contribution in [2.45, 2.75) is 0 Å². The normalized spacial score (nSPS) is 25.0. The lowest BCUT2D eigenvalue weighted by molar-refractivity contribution is 0.317. The minimum atomic E-state index is 0.784. The summed E-state index contributed by atoms with van der Waals surface area (Å²) in [6.07, 6.45) is 0. The molecule has 0 aromatic carbocycles. The molecule has 0 spiro atoms. The molecule has 8 heavy (non-hydrogen) atoms. The van der Waals surface area contributed by atoms with Gasteiger partial charge in [-0.05, 0) is 0 Å². The molecule has 0 atom stereocenters. The van der Waals surface area contributed by atoms with Crippen LogP contribution in [0.3, 0.4) is 0 Å². The maximum Gasteiger partial charge on any atom is 0.287 e. The molecule has 0 N–H and O–H groups in total. The molecular weight excluding hydrogens is 104 g/mol. The highest BCUT2D eigenvalue weighted by molar-refractivity contribution is 5.77. The van der Waals surface area contributed by atoms with Gasteiger partial charge in [-0.2, -0.15) is 0 Å². The SMILES string of the molecule is C1COC(N2CC2)=N1. The summed E-state index contributed by atoms with van der Waals surface area (Å²) in [5, 5.41) is 0. The molecule has 1 saturated heterocycles. The quantitative estimate of drug-likeness (QED) is 0.401. The van der Waals surface area contributed by atoms with Gasteiger partial charge in [0.25, 0.3) is 6.02 Å². The lowest BCUT2D eigenvalue weighted by atomic mass is 10.8. The summed E-state index contributed by atoms with van der Waals surface area (Å²) in [5.74, 6) is 0. The van der Waals surface area contributed by atoms with Crippen molar-refractivity contribution in [1.82, 2.24) is 4.90 Å². The molecule has 0 unspecified atom stereocenters. The summed E-state index contributed by atoms with van der Waals surface area (Å²) in [6.45, 7) is 3.91. The van der Waals surface area contributed by atoms with E-state index in [1.807, 2.05) is 0 Å². The maximum atomic E-state index is 5.15. The second kappa shape index (κ2) is 1.37. The molecular formula is C5H8N2O. The van der Waals surface area contributed by atoms with Crippen molar-refractivity contribution in [1.29, 1.82) is 0 Å². The third-order valence-electron chi connectivity index (χ3n) is 1.29. The van der Waals surface area contributed by atoms with Crippen LogP contribution in [-0.4, -0.2) is 37.2 Å². The zero-order chi connectivity index (χ0) is 5.40. The zero-order valence-corrected chi connectivity index (χ0v) is 4.63. The van der Waals surface area contributed by atoms with Gasteiger partial charge in [0, 0.05) is 13.1 Å². The average molecular weight is 112 g/mol. The van der Waals surface area contributed by atoms with E-state index in [0.29, 0.717) is 0 Å². The van der Waals surface area contributed by atoms with Crippen molar-refractivity contribution in [2.75, 3.05) is 26.2 Å². The Hall–Kier alpha value is -0.730. The molecule has 0 saturated carbocycles. The van der Waals surface area contributed by atoms with Crippen LogP contribution in [0.4, 0.5) is 0 Å². The fourth-order valence-corrected chi connectivity index (χ4v) is 0.756. The van der Waals surface area contributed by atoms with E-state index in [-0.39, 0.29) is 0 Å². The Kier molecular flexibility index (Phi) is 0.716. The number of amidine groups is 1. The number of nitrogens with zero attached hydrogens (tertiary/aromatic N) is 2. The topological polar surface area (TPSA) is 24.6 Å². The number of hydrogen-bond donors (Lipinski definition) is 0. The first kappa shape index (κ1) is 4.18. The van der Waals surface area contributed by atoms with Crippen molar-refractivity contribution in [3.63, 3.8) is 0 Å². The molecule has 1 fully saturated rings. The van der Waals surface area contributed by atoms with E-state index in [1.165, 1.54) is 0 Å². The average Bonchev–Trinajstić information content (AvgIpc) is 2.49. The first-order chi connectivity index (χ1) is 3.97. The molecule has 44 valence electrons. The highest BCUT2D eigenvalue weighted by Gasteiger charge is 2.25. The molecule has 0 aromatic rings. The smallest absolute Gasteiger partial charge is 0.287 e. The predicted molar refractivity (Wildman–Crippen MR) is 29.8 cm³/mol. The maximum absolute atomic E-state index is 5.15. The monoisotopic (exact) mass is 112 g/mol. The lowest BCUT2D eigenvalue weighted by Gasteiger charge is -1.98. The Morgan fingerprint density at radius 1 is 1.50 bits per heavy atom. The van der Waals surface area contributed by atoms with E-state index in [2.05, 4.69) is 9.89 Å². The molecule has 2 aliphatic rings. The van der Waals surface area contributed by atoms with Crippen LogP contribution in [0, 0.1) is 0 Å². The predicted octanol–water partition coefficient (Wildman–Crippen LogP) is -0.312. The molecule has 3 nitrogen and oxygen atoms in total. The summed E-state index contributed by atoms with van der Waals surface area (Å²) in [6, 6.07) is 0.866. The Balaban J connectivity index is 2.02. The third-order valence-corrected chi connectivity index (χ3v) is 1.29. The molecule has 2 heterocycles. The molecule has 0 aliphatic carbocycles. The van der Waals surface area contributed by atoms with Crippen molar-refractivity contribution >= 4 is 6.02 Å². The molecule has 0 radical (unpaired) electrons. The van der Waals surface area contributed by atoms with Crippen molar-refractivity contribution in [3.05, 3.63) is 0 Å². The van der Waals surface area contributed by atoms with E-state index in [9.17, 15) is 0 Å². The van der Waals surface area contributed by atoms with Crippen LogP contribution in [0.1, 0.15) is 0 Å². The van der Waals surface area contributed by atoms with E-state index >= 15 is 0 Å². The minimum absolute atomic E-state index is 0.784.